The number of furan rings is 1. The monoisotopic (exact) mass is 353 g/mol. The van der Waals surface area contributed by atoms with Gasteiger partial charge >= 0.3 is 0 Å². The van der Waals surface area contributed by atoms with E-state index in [9.17, 15) is 4.79 Å². The van der Waals surface area contributed by atoms with E-state index in [1.807, 2.05) is 17.0 Å². The molecule has 2 fully saturated rings. The highest BCUT2D eigenvalue weighted by molar-refractivity contribution is 5.77. The number of piperidine rings is 2. The van der Waals surface area contributed by atoms with E-state index in [4.69, 9.17) is 10.2 Å². The van der Waals surface area contributed by atoms with Crippen LogP contribution in [0.1, 0.15) is 24.8 Å². The van der Waals surface area contributed by atoms with Crippen molar-refractivity contribution >= 4 is 5.91 Å². The van der Waals surface area contributed by atoms with E-state index < -0.39 is 0 Å². The fourth-order valence-corrected chi connectivity index (χ4v) is 4.57. The van der Waals surface area contributed by atoms with Crippen LogP contribution < -0.4 is 5.73 Å². The highest BCUT2D eigenvalue weighted by atomic mass is 16.3. The van der Waals surface area contributed by atoms with E-state index in [-0.39, 0.29) is 5.91 Å². The Hall–Kier alpha value is -2.11. The molecule has 2 atom stereocenters. The van der Waals surface area contributed by atoms with Crippen LogP contribution >= 0.6 is 0 Å². The molecular weight excluding hydrogens is 326 g/mol. The topological polar surface area (TPSA) is 62.7 Å². The molecular formula is C21H27N3O2. The molecule has 1 amide bonds. The summed E-state index contributed by atoms with van der Waals surface area (Å²) >= 11 is 0. The first kappa shape index (κ1) is 17.3. The Kier molecular flexibility index (Phi) is 5.09. The SMILES string of the molecule is NCCN1C(=O)CC[C@H]2CN(Cc3ccccc3-c3ccco3)CC[C@H]21. The number of rotatable bonds is 5. The van der Waals surface area contributed by atoms with Gasteiger partial charge in [-0.25, -0.2) is 0 Å². The van der Waals surface area contributed by atoms with Gasteiger partial charge in [-0.3, -0.25) is 9.69 Å². The number of likely N-dealkylation sites (tertiary alicyclic amines) is 2. The molecule has 2 N–H and O–H groups in total. The van der Waals surface area contributed by atoms with Crippen LogP contribution in [0.5, 0.6) is 0 Å². The Morgan fingerprint density at radius 2 is 2.04 bits per heavy atom. The molecule has 2 aliphatic heterocycles. The van der Waals surface area contributed by atoms with Gasteiger partial charge in [-0.2, -0.15) is 0 Å². The standard InChI is InChI=1S/C21H27N3O2/c22-10-12-24-19-9-11-23(15-17(19)7-8-21(24)25)14-16-4-1-2-5-18(16)20-6-3-13-26-20/h1-6,13,17,19H,7-12,14-15,22H2/t17-,19+/m0/s1. The van der Waals surface area contributed by atoms with E-state index >= 15 is 0 Å². The summed E-state index contributed by atoms with van der Waals surface area (Å²) in [6.07, 6.45) is 4.43. The Labute approximate surface area is 154 Å². The van der Waals surface area contributed by atoms with Crippen LogP contribution in [-0.2, 0) is 11.3 Å². The van der Waals surface area contributed by atoms with Gasteiger partial charge in [0, 0.05) is 50.7 Å². The van der Waals surface area contributed by atoms with E-state index in [1.54, 1.807) is 6.26 Å². The van der Waals surface area contributed by atoms with Crippen LogP contribution in [0.3, 0.4) is 0 Å². The molecule has 0 saturated carbocycles. The molecule has 2 saturated heterocycles. The zero-order chi connectivity index (χ0) is 17.9. The summed E-state index contributed by atoms with van der Waals surface area (Å²) in [4.78, 5) is 16.8. The van der Waals surface area contributed by atoms with Crippen LogP contribution in [0, 0.1) is 5.92 Å². The number of nitrogens with zero attached hydrogens (tertiary/aromatic N) is 2. The molecule has 138 valence electrons. The zero-order valence-electron chi connectivity index (χ0n) is 15.1. The quantitative estimate of drug-likeness (QED) is 0.898. The zero-order valence-corrected chi connectivity index (χ0v) is 15.1. The number of carbonyl (C=O) groups excluding carboxylic acids is 1. The smallest absolute Gasteiger partial charge is 0.222 e. The number of nitrogens with two attached hydrogens (primary N) is 1. The molecule has 0 spiro atoms. The van der Waals surface area contributed by atoms with Gasteiger partial charge in [-0.1, -0.05) is 24.3 Å². The minimum Gasteiger partial charge on any atom is -0.464 e. The summed E-state index contributed by atoms with van der Waals surface area (Å²) in [5, 5.41) is 0. The van der Waals surface area contributed by atoms with Gasteiger partial charge in [0.25, 0.3) is 0 Å². The minimum absolute atomic E-state index is 0.285. The van der Waals surface area contributed by atoms with E-state index in [2.05, 4.69) is 29.2 Å². The molecule has 5 heteroatoms. The van der Waals surface area contributed by atoms with Gasteiger partial charge < -0.3 is 15.1 Å². The van der Waals surface area contributed by atoms with Crippen molar-refractivity contribution in [3.05, 3.63) is 48.2 Å². The molecule has 2 aliphatic rings. The lowest BCUT2D eigenvalue weighted by molar-refractivity contribution is -0.140. The predicted molar refractivity (Wildman–Crippen MR) is 101 cm³/mol. The van der Waals surface area contributed by atoms with Crippen LogP contribution in [0.4, 0.5) is 0 Å². The first-order valence-corrected chi connectivity index (χ1v) is 9.60. The van der Waals surface area contributed by atoms with Crippen LogP contribution in [0.15, 0.2) is 47.1 Å². The normalized spacial score (nSPS) is 23.9. The summed E-state index contributed by atoms with van der Waals surface area (Å²) in [6, 6.07) is 12.8. The van der Waals surface area contributed by atoms with Gasteiger partial charge in [-0.15, -0.1) is 0 Å². The van der Waals surface area contributed by atoms with Crippen molar-refractivity contribution in [3.8, 4) is 11.3 Å². The van der Waals surface area contributed by atoms with E-state index in [1.165, 1.54) is 11.1 Å². The Balaban J connectivity index is 1.47. The molecule has 1 aromatic carbocycles. The number of benzene rings is 1. The van der Waals surface area contributed by atoms with Gasteiger partial charge in [0.15, 0.2) is 0 Å². The Morgan fingerprint density at radius 3 is 2.85 bits per heavy atom. The number of hydrogen-bond donors (Lipinski definition) is 1. The summed E-state index contributed by atoms with van der Waals surface area (Å²) < 4.78 is 5.61. The maximum absolute atomic E-state index is 12.2. The second-order valence-electron chi connectivity index (χ2n) is 7.40. The lowest BCUT2D eigenvalue weighted by Gasteiger charge is -2.47. The number of carbonyl (C=O) groups is 1. The van der Waals surface area contributed by atoms with Crippen molar-refractivity contribution in [1.82, 2.24) is 9.80 Å². The minimum atomic E-state index is 0.285. The summed E-state index contributed by atoms with van der Waals surface area (Å²) in [6.45, 7) is 4.23. The second kappa shape index (κ2) is 7.64. The number of amides is 1. The maximum Gasteiger partial charge on any atom is 0.222 e. The lowest BCUT2D eigenvalue weighted by Crippen LogP contribution is -2.56. The molecule has 0 radical (unpaired) electrons. The first-order valence-electron chi connectivity index (χ1n) is 9.60. The average molecular weight is 353 g/mol. The fourth-order valence-electron chi connectivity index (χ4n) is 4.57. The number of hydrogen-bond acceptors (Lipinski definition) is 4. The molecule has 26 heavy (non-hydrogen) atoms. The molecule has 5 nitrogen and oxygen atoms in total. The fraction of sp³-hybridized carbons (Fsp3) is 0.476. The van der Waals surface area contributed by atoms with Crippen molar-refractivity contribution in [3.63, 3.8) is 0 Å². The van der Waals surface area contributed by atoms with Crippen molar-refractivity contribution in [2.24, 2.45) is 11.7 Å². The molecule has 3 heterocycles. The summed E-state index contributed by atoms with van der Waals surface area (Å²) in [7, 11) is 0. The van der Waals surface area contributed by atoms with E-state index in [0.717, 1.165) is 38.2 Å². The third-order valence-corrected chi connectivity index (χ3v) is 5.80. The number of fused-ring (bicyclic) bond motifs is 1. The van der Waals surface area contributed by atoms with Crippen molar-refractivity contribution in [2.75, 3.05) is 26.2 Å². The summed E-state index contributed by atoms with van der Waals surface area (Å²) in [5.41, 5.74) is 8.19. The average Bonchev–Trinajstić information content (AvgIpc) is 3.19. The molecule has 0 unspecified atom stereocenters. The highest BCUT2D eigenvalue weighted by Crippen LogP contribution is 2.33. The van der Waals surface area contributed by atoms with Crippen LogP contribution in [0.25, 0.3) is 11.3 Å². The molecule has 0 bridgehead atoms. The van der Waals surface area contributed by atoms with Crippen LogP contribution in [0.2, 0.25) is 0 Å². The predicted octanol–water partition coefficient (Wildman–Crippen LogP) is 2.72. The molecule has 1 aromatic heterocycles. The van der Waals surface area contributed by atoms with Crippen molar-refractivity contribution in [1.29, 1.82) is 0 Å². The molecule has 2 aromatic rings. The van der Waals surface area contributed by atoms with Gasteiger partial charge in [-0.05, 0) is 36.5 Å². The highest BCUT2D eigenvalue weighted by Gasteiger charge is 2.38. The van der Waals surface area contributed by atoms with Gasteiger partial charge in [0.1, 0.15) is 5.76 Å². The molecule has 0 aliphatic carbocycles. The Morgan fingerprint density at radius 1 is 1.15 bits per heavy atom. The van der Waals surface area contributed by atoms with Crippen LogP contribution in [-0.4, -0.2) is 47.9 Å². The Bertz CT molecular complexity index is 743. The molecule has 4 rings (SSSR count). The third kappa shape index (κ3) is 3.41. The lowest BCUT2D eigenvalue weighted by atomic mass is 9.83. The summed E-state index contributed by atoms with van der Waals surface area (Å²) in [5.74, 6) is 1.77. The van der Waals surface area contributed by atoms with Gasteiger partial charge in [0.05, 0.1) is 6.26 Å². The maximum atomic E-state index is 12.2. The van der Waals surface area contributed by atoms with Crippen molar-refractivity contribution < 1.29 is 9.21 Å². The van der Waals surface area contributed by atoms with E-state index in [0.29, 0.717) is 31.5 Å². The third-order valence-electron chi connectivity index (χ3n) is 5.80. The first-order chi connectivity index (χ1) is 12.8. The second-order valence-corrected chi connectivity index (χ2v) is 7.40. The largest absolute Gasteiger partial charge is 0.464 e. The van der Waals surface area contributed by atoms with Gasteiger partial charge in [0.2, 0.25) is 5.91 Å². The van der Waals surface area contributed by atoms with Crippen molar-refractivity contribution in [2.45, 2.75) is 31.8 Å².